The highest BCUT2D eigenvalue weighted by Gasteiger charge is 2.25. The molecule has 23 heavy (non-hydrogen) atoms. The number of hydrogen-bond acceptors (Lipinski definition) is 4. The number of aromatic nitrogens is 2. The van der Waals surface area contributed by atoms with Gasteiger partial charge >= 0.3 is 0 Å². The summed E-state index contributed by atoms with van der Waals surface area (Å²) in [5.74, 6) is 0.402. The van der Waals surface area contributed by atoms with E-state index in [1.165, 1.54) is 0 Å². The average molecular weight is 317 g/mol. The minimum Gasteiger partial charge on any atom is -0.484 e. The number of amides is 1. The Balaban J connectivity index is 1.85. The van der Waals surface area contributed by atoms with Crippen LogP contribution in [-0.4, -0.2) is 33.9 Å². The van der Waals surface area contributed by atoms with Gasteiger partial charge < -0.3 is 15.2 Å². The molecule has 6 heteroatoms. The predicted octanol–water partition coefficient (Wildman–Crippen LogP) is 1.44. The van der Waals surface area contributed by atoms with Crippen molar-refractivity contribution in [2.75, 3.05) is 13.2 Å². The summed E-state index contributed by atoms with van der Waals surface area (Å²) < 4.78 is 7.12. The van der Waals surface area contributed by atoms with Gasteiger partial charge in [0.2, 0.25) is 0 Å². The molecular weight excluding hydrogens is 294 g/mol. The molecule has 1 aromatic heterocycles. The van der Waals surface area contributed by atoms with Crippen LogP contribution < -0.4 is 10.1 Å². The lowest BCUT2D eigenvalue weighted by molar-refractivity contribution is -0.124. The lowest BCUT2D eigenvalue weighted by Gasteiger charge is -2.22. The van der Waals surface area contributed by atoms with Crippen molar-refractivity contribution < 1.29 is 14.6 Å². The Hall–Kier alpha value is -2.34. The number of carbonyl (C=O) groups is 1. The van der Waals surface area contributed by atoms with E-state index in [9.17, 15) is 9.90 Å². The van der Waals surface area contributed by atoms with Crippen LogP contribution in [0, 0.1) is 13.8 Å². The second kappa shape index (κ2) is 6.83. The van der Waals surface area contributed by atoms with E-state index in [2.05, 4.69) is 10.4 Å². The van der Waals surface area contributed by atoms with Crippen molar-refractivity contribution in [2.45, 2.75) is 26.4 Å². The maximum atomic E-state index is 11.9. The third kappa shape index (κ3) is 4.56. The fourth-order valence-electron chi connectivity index (χ4n) is 2.23. The van der Waals surface area contributed by atoms with Crippen LogP contribution in [-0.2, 0) is 17.4 Å². The van der Waals surface area contributed by atoms with Gasteiger partial charge in [-0.05, 0) is 32.4 Å². The third-order valence-corrected chi connectivity index (χ3v) is 3.65. The average Bonchev–Trinajstić information content (AvgIpc) is 2.92. The number of carbonyl (C=O) groups excluding carboxylic acids is 1. The molecule has 0 radical (unpaired) electrons. The number of rotatable bonds is 6. The number of hydrogen-bond donors (Lipinski definition) is 2. The summed E-state index contributed by atoms with van der Waals surface area (Å²) in [6, 6.07) is 5.79. The van der Waals surface area contributed by atoms with Gasteiger partial charge in [-0.2, -0.15) is 5.10 Å². The number of aryl methyl sites for hydroxylation is 3. The maximum absolute atomic E-state index is 11.9. The second-order valence-corrected chi connectivity index (χ2v) is 6.01. The molecule has 0 fully saturated rings. The monoisotopic (exact) mass is 317 g/mol. The fourth-order valence-corrected chi connectivity index (χ4v) is 2.23. The quantitative estimate of drug-likeness (QED) is 0.845. The molecular formula is C17H23N3O3. The lowest BCUT2D eigenvalue weighted by atomic mass is 10.00. The van der Waals surface area contributed by atoms with Crippen LogP contribution in [0.25, 0.3) is 0 Å². The van der Waals surface area contributed by atoms with Crippen molar-refractivity contribution in [1.29, 1.82) is 0 Å². The fraction of sp³-hybridized carbons (Fsp3) is 0.412. The molecule has 0 aliphatic rings. The summed E-state index contributed by atoms with van der Waals surface area (Å²) in [5.41, 5.74) is 1.60. The van der Waals surface area contributed by atoms with E-state index in [1.54, 1.807) is 31.0 Å². The highest BCUT2D eigenvalue weighted by atomic mass is 16.5. The van der Waals surface area contributed by atoms with E-state index in [-0.39, 0.29) is 19.1 Å². The zero-order valence-electron chi connectivity index (χ0n) is 14.0. The Labute approximate surface area is 136 Å². The van der Waals surface area contributed by atoms with Crippen LogP contribution in [0.4, 0.5) is 0 Å². The van der Waals surface area contributed by atoms with E-state index in [0.29, 0.717) is 11.3 Å². The first-order valence-corrected chi connectivity index (χ1v) is 7.46. The Kier molecular flexibility index (Phi) is 5.05. The molecule has 1 amide bonds. The first kappa shape index (κ1) is 17.0. The Morgan fingerprint density at radius 2 is 2.17 bits per heavy atom. The molecule has 1 heterocycles. The highest BCUT2D eigenvalue weighted by Crippen LogP contribution is 2.19. The van der Waals surface area contributed by atoms with Gasteiger partial charge in [-0.1, -0.05) is 17.7 Å². The van der Waals surface area contributed by atoms with Crippen molar-refractivity contribution >= 4 is 5.91 Å². The summed E-state index contributed by atoms with van der Waals surface area (Å²) in [6.07, 6.45) is 3.30. The minimum atomic E-state index is -1.18. The molecule has 0 saturated carbocycles. The number of ether oxygens (including phenoxy) is 1. The van der Waals surface area contributed by atoms with Crippen LogP contribution in [0.15, 0.2) is 30.6 Å². The van der Waals surface area contributed by atoms with Gasteiger partial charge in [0, 0.05) is 18.8 Å². The molecule has 1 atom stereocenters. The Bertz CT molecular complexity index is 692. The molecule has 124 valence electrons. The molecule has 1 aromatic carbocycles. The van der Waals surface area contributed by atoms with Gasteiger partial charge in [-0.25, -0.2) is 0 Å². The van der Waals surface area contributed by atoms with E-state index in [1.807, 2.05) is 32.0 Å². The highest BCUT2D eigenvalue weighted by molar-refractivity contribution is 5.77. The van der Waals surface area contributed by atoms with Gasteiger partial charge in [0.15, 0.2) is 6.61 Å². The van der Waals surface area contributed by atoms with Gasteiger partial charge in [-0.3, -0.25) is 9.48 Å². The minimum absolute atomic E-state index is 0.0903. The summed E-state index contributed by atoms with van der Waals surface area (Å²) in [7, 11) is 1.77. The third-order valence-electron chi connectivity index (χ3n) is 3.65. The van der Waals surface area contributed by atoms with Crippen LogP contribution in [0.3, 0.4) is 0 Å². The molecule has 0 bridgehead atoms. The predicted molar refractivity (Wildman–Crippen MR) is 87.2 cm³/mol. The summed E-state index contributed by atoms with van der Waals surface area (Å²) in [5, 5.41) is 17.1. The topological polar surface area (TPSA) is 76.4 Å². The van der Waals surface area contributed by atoms with Crippen molar-refractivity contribution in [3.05, 3.63) is 47.3 Å². The smallest absolute Gasteiger partial charge is 0.258 e. The van der Waals surface area contributed by atoms with Crippen LogP contribution in [0.2, 0.25) is 0 Å². The number of nitrogens with one attached hydrogen (secondary N) is 1. The molecule has 2 rings (SSSR count). The Morgan fingerprint density at radius 1 is 1.43 bits per heavy atom. The van der Waals surface area contributed by atoms with E-state index < -0.39 is 5.60 Å². The van der Waals surface area contributed by atoms with Crippen LogP contribution in [0.5, 0.6) is 5.75 Å². The van der Waals surface area contributed by atoms with Crippen molar-refractivity contribution in [3.8, 4) is 5.75 Å². The molecule has 6 nitrogen and oxygen atoms in total. The molecule has 0 aliphatic carbocycles. The van der Waals surface area contributed by atoms with Gasteiger partial charge in [-0.15, -0.1) is 0 Å². The van der Waals surface area contributed by atoms with Crippen molar-refractivity contribution in [1.82, 2.24) is 15.1 Å². The van der Waals surface area contributed by atoms with Crippen molar-refractivity contribution in [2.24, 2.45) is 7.05 Å². The zero-order valence-corrected chi connectivity index (χ0v) is 14.0. The SMILES string of the molecule is Cc1ccc(OCC(=O)NCC(C)(O)c2cnn(C)c2)c(C)c1. The van der Waals surface area contributed by atoms with Crippen molar-refractivity contribution in [3.63, 3.8) is 0 Å². The molecule has 0 spiro atoms. The summed E-state index contributed by atoms with van der Waals surface area (Å²) in [6.45, 7) is 5.58. The molecule has 2 N–H and O–H groups in total. The standard InChI is InChI=1S/C17H23N3O3/c1-12-5-6-15(13(2)7-12)23-10-16(21)18-11-17(3,22)14-8-19-20(4)9-14/h5-9,22H,10-11H2,1-4H3,(H,18,21). The largest absolute Gasteiger partial charge is 0.484 e. The second-order valence-electron chi connectivity index (χ2n) is 6.01. The van der Waals surface area contributed by atoms with Gasteiger partial charge in [0.1, 0.15) is 11.4 Å². The number of aliphatic hydroxyl groups is 1. The first-order chi connectivity index (χ1) is 10.8. The van der Waals surface area contributed by atoms with Gasteiger partial charge in [0.05, 0.1) is 12.7 Å². The Morgan fingerprint density at radius 3 is 2.78 bits per heavy atom. The molecule has 0 saturated heterocycles. The molecule has 1 unspecified atom stereocenters. The number of nitrogens with zero attached hydrogens (tertiary/aromatic N) is 2. The van der Waals surface area contributed by atoms with E-state index in [4.69, 9.17) is 4.74 Å². The summed E-state index contributed by atoms with van der Waals surface area (Å²) in [4.78, 5) is 11.9. The van der Waals surface area contributed by atoms with E-state index >= 15 is 0 Å². The summed E-state index contributed by atoms with van der Waals surface area (Å²) >= 11 is 0. The van der Waals surface area contributed by atoms with E-state index in [0.717, 1.165) is 11.1 Å². The first-order valence-electron chi connectivity index (χ1n) is 7.46. The normalized spacial score (nSPS) is 13.4. The molecule has 0 aliphatic heterocycles. The lowest BCUT2D eigenvalue weighted by Crippen LogP contribution is -2.40. The molecule has 2 aromatic rings. The zero-order chi connectivity index (χ0) is 17.0. The van der Waals surface area contributed by atoms with Crippen LogP contribution in [0.1, 0.15) is 23.6 Å². The number of benzene rings is 1. The maximum Gasteiger partial charge on any atom is 0.258 e. The van der Waals surface area contributed by atoms with Crippen LogP contribution >= 0.6 is 0 Å². The van der Waals surface area contributed by atoms with Gasteiger partial charge in [0.25, 0.3) is 5.91 Å².